The monoisotopic (exact) mass is 278 g/mol. The van der Waals surface area contributed by atoms with Gasteiger partial charge in [0.1, 0.15) is 5.76 Å². The standard InChI is InChI=1S/C16H26N2O2/c1-13(6-8-15-5-3-11-20-15)18-16(19)9-7-14-4-2-10-17-12-14/h3,5,11,13-14,17H,2,4,6-10,12H2,1H3,(H,18,19). The third kappa shape index (κ3) is 5.37. The molecule has 1 aromatic rings. The van der Waals surface area contributed by atoms with Gasteiger partial charge in [-0.15, -0.1) is 0 Å². The van der Waals surface area contributed by atoms with E-state index in [-0.39, 0.29) is 11.9 Å². The predicted octanol–water partition coefficient (Wildman–Crippen LogP) is 2.50. The van der Waals surface area contributed by atoms with Crippen LogP contribution in [0.2, 0.25) is 0 Å². The molecule has 112 valence electrons. The van der Waals surface area contributed by atoms with Crippen molar-refractivity contribution in [2.24, 2.45) is 5.92 Å². The Hall–Kier alpha value is -1.29. The van der Waals surface area contributed by atoms with Crippen LogP contribution in [0.4, 0.5) is 0 Å². The van der Waals surface area contributed by atoms with E-state index < -0.39 is 0 Å². The van der Waals surface area contributed by atoms with Gasteiger partial charge in [0.15, 0.2) is 0 Å². The molecule has 2 rings (SSSR count). The zero-order valence-electron chi connectivity index (χ0n) is 12.4. The molecule has 1 saturated heterocycles. The van der Waals surface area contributed by atoms with E-state index in [1.807, 2.05) is 12.1 Å². The van der Waals surface area contributed by atoms with Gasteiger partial charge in [-0.05, 0) is 63.7 Å². The average Bonchev–Trinajstić information content (AvgIpc) is 2.97. The van der Waals surface area contributed by atoms with Crippen molar-refractivity contribution in [1.82, 2.24) is 10.6 Å². The maximum absolute atomic E-state index is 11.9. The number of nitrogens with one attached hydrogen (secondary N) is 2. The largest absolute Gasteiger partial charge is 0.469 e. The molecule has 2 unspecified atom stereocenters. The minimum absolute atomic E-state index is 0.183. The molecule has 0 bridgehead atoms. The quantitative estimate of drug-likeness (QED) is 0.805. The molecule has 0 aliphatic carbocycles. The Bertz CT molecular complexity index is 383. The first-order chi connectivity index (χ1) is 9.74. The summed E-state index contributed by atoms with van der Waals surface area (Å²) in [5, 5.41) is 6.47. The zero-order valence-corrected chi connectivity index (χ0v) is 12.4. The Kier molecular flexibility index (Phi) is 6.12. The van der Waals surface area contributed by atoms with Crippen molar-refractivity contribution in [2.75, 3.05) is 13.1 Å². The summed E-state index contributed by atoms with van der Waals surface area (Å²) in [7, 11) is 0. The smallest absolute Gasteiger partial charge is 0.220 e. The molecule has 1 aliphatic rings. The van der Waals surface area contributed by atoms with Crippen LogP contribution in [-0.4, -0.2) is 25.0 Å². The molecule has 2 heterocycles. The van der Waals surface area contributed by atoms with Crippen molar-refractivity contribution in [3.8, 4) is 0 Å². The summed E-state index contributed by atoms with van der Waals surface area (Å²) < 4.78 is 5.30. The summed E-state index contributed by atoms with van der Waals surface area (Å²) in [4.78, 5) is 11.9. The van der Waals surface area contributed by atoms with E-state index in [2.05, 4.69) is 17.6 Å². The van der Waals surface area contributed by atoms with Crippen LogP contribution in [0, 0.1) is 5.92 Å². The number of rotatable bonds is 7. The summed E-state index contributed by atoms with van der Waals surface area (Å²) in [6.07, 6.45) is 7.64. The molecule has 0 aromatic carbocycles. The topological polar surface area (TPSA) is 54.3 Å². The third-order valence-corrected chi connectivity index (χ3v) is 3.99. The Labute approximate surface area is 121 Å². The second-order valence-electron chi connectivity index (χ2n) is 5.84. The molecule has 1 amide bonds. The first kappa shape index (κ1) is 15.1. The molecule has 2 atom stereocenters. The summed E-state index contributed by atoms with van der Waals surface area (Å²) >= 11 is 0. The number of hydrogen-bond acceptors (Lipinski definition) is 3. The van der Waals surface area contributed by atoms with E-state index >= 15 is 0 Å². The van der Waals surface area contributed by atoms with Crippen molar-refractivity contribution in [2.45, 2.75) is 51.5 Å². The fourth-order valence-electron chi connectivity index (χ4n) is 2.74. The van der Waals surface area contributed by atoms with Crippen LogP contribution < -0.4 is 10.6 Å². The van der Waals surface area contributed by atoms with Crippen molar-refractivity contribution in [1.29, 1.82) is 0 Å². The first-order valence-electron chi connectivity index (χ1n) is 7.76. The molecule has 2 N–H and O–H groups in total. The fourth-order valence-corrected chi connectivity index (χ4v) is 2.74. The van der Waals surface area contributed by atoms with Gasteiger partial charge in [0.05, 0.1) is 6.26 Å². The van der Waals surface area contributed by atoms with Crippen LogP contribution >= 0.6 is 0 Å². The minimum atomic E-state index is 0.183. The summed E-state index contributed by atoms with van der Waals surface area (Å²) in [6.45, 7) is 4.26. The maximum Gasteiger partial charge on any atom is 0.220 e. The normalized spacial score (nSPS) is 20.6. The summed E-state index contributed by atoms with van der Waals surface area (Å²) in [6, 6.07) is 4.08. The van der Waals surface area contributed by atoms with Crippen molar-refractivity contribution < 1.29 is 9.21 Å². The van der Waals surface area contributed by atoms with Gasteiger partial charge in [0.25, 0.3) is 0 Å². The lowest BCUT2D eigenvalue weighted by Crippen LogP contribution is -2.34. The van der Waals surface area contributed by atoms with Gasteiger partial charge in [-0.1, -0.05) is 0 Å². The van der Waals surface area contributed by atoms with Crippen molar-refractivity contribution in [3.63, 3.8) is 0 Å². The molecule has 4 nitrogen and oxygen atoms in total. The van der Waals surface area contributed by atoms with Crippen LogP contribution in [0.25, 0.3) is 0 Å². The van der Waals surface area contributed by atoms with Crippen LogP contribution in [0.15, 0.2) is 22.8 Å². The highest BCUT2D eigenvalue weighted by Crippen LogP contribution is 2.15. The Balaban J connectivity index is 1.58. The molecule has 20 heavy (non-hydrogen) atoms. The zero-order chi connectivity index (χ0) is 14.2. The van der Waals surface area contributed by atoms with Crippen LogP contribution in [-0.2, 0) is 11.2 Å². The number of piperidine rings is 1. The number of amides is 1. The van der Waals surface area contributed by atoms with E-state index in [1.165, 1.54) is 12.8 Å². The van der Waals surface area contributed by atoms with Crippen LogP contribution in [0.1, 0.15) is 44.8 Å². The SMILES string of the molecule is CC(CCc1ccco1)NC(=O)CCC1CCCNC1. The molecule has 0 saturated carbocycles. The molecular weight excluding hydrogens is 252 g/mol. The van der Waals surface area contributed by atoms with Gasteiger partial charge in [-0.25, -0.2) is 0 Å². The van der Waals surface area contributed by atoms with E-state index in [9.17, 15) is 4.79 Å². The van der Waals surface area contributed by atoms with Crippen molar-refractivity contribution in [3.05, 3.63) is 24.2 Å². The van der Waals surface area contributed by atoms with E-state index in [1.54, 1.807) is 6.26 Å². The van der Waals surface area contributed by atoms with Gasteiger partial charge in [0, 0.05) is 18.9 Å². The highest BCUT2D eigenvalue weighted by atomic mass is 16.3. The Morgan fingerprint density at radius 2 is 2.50 bits per heavy atom. The third-order valence-electron chi connectivity index (χ3n) is 3.99. The van der Waals surface area contributed by atoms with E-state index in [4.69, 9.17) is 4.42 Å². The number of hydrogen-bond donors (Lipinski definition) is 2. The number of aryl methyl sites for hydroxylation is 1. The average molecular weight is 278 g/mol. The van der Waals surface area contributed by atoms with Crippen LogP contribution in [0.3, 0.4) is 0 Å². The lowest BCUT2D eigenvalue weighted by atomic mass is 9.94. The van der Waals surface area contributed by atoms with Crippen LogP contribution in [0.5, 0.6) is 0 Å². The molecule has 1 aromatic heterocycles. The Morgan fingerprint density at radius 1 is 1.60 bits per heavy atom. The molecule has 4 heteroatoms. The number of carbonyl (C=O) groups excluding carboxylic acids is 1. The van der Waals surface area contributed by atoms with E-state index in [0.29, 0.717) is 12.3 Å². The maximum atomic E-state index is 11.9. The summed E-state index contributed by atoms with van der Waals surface area (Å²) in [5.41, 5.74) is 0. The van der Waals surface area contributed by atoms with Crippen molar-refractivity contribution >= 4 is 5.91 Å². The molecule has 0 radical (unpaired) electrons. The molecule has 1 aliphatic heterocycles. The van der Waals surface area contributed by atoms with E-state index in [0.717, 1.165) is 38.1 Å². The lowest BCUT2D eigenvalue weighted by molar-refractivity contribution is -0.122. The van der Waals surface area contributed by atoms with Gasteiger partial charge < -0.3 is 15.1 Å². The number of furan rings is 1. The Morgan fingerprint density at radius 3 is 3.20 bits per heavy atom. The predicted molar refractivity (Wildman–Crippen MR) is 79.5 cm³/mol. The van der Waals surface area contributed by atoms with Gasteiger partial charge in [-0.2, -0.15) is 0 Å². The van der Waals surface area contributed by atoms with Gasteiger partial charge >= 0.3 is 0 Å². The molecular formula is C16H26N2O2. The first-order valence-corrected chi connectivity index (χ1v) is 7.76. The lowest BCUT2D eigenvalue weighted by Gasteiger charge is -2.22. The summed E-state index contributed by atoms with van der Waals surface area (Å²) in [5.74, 6) is 1.84. The second-order valence-corrected chi connectivity index (χ2v) is 5.84. The molecule has 0 spiro atoms. The highest BCUT2D eigenvalue weighted by Gasteiger charge is 2.15. The van der Waals surface area contributed by atoms with Gasteiger partial charge in [0.2, 0.25) is 5.91 Å². The number of carbonyl (C=O) groups is 1. The van der Waals surface area contributed by atoms with Gasteiger partial charge in [-0.3, -0.25) is 4.79 Å². The highest BCUT2D eigenvalue weighted by molar-refractivity contribution is 5.76. The fraction of sp³-hybridized carbons (Fsp3) is 0.688. The molecule has 1 fully saturated rings. The second kappa shape index (κ2) is 8.10. The minimum Gasteiger partial charge on any atom is -0.469 e.